The van der Waals surface area contributed by atoms with Crippen molar-refractivity contribution in [3.8, 4) is 0 Å². The molecule has 1 amide bonds. The maximum Gasteiger partial charge on any atom is 0.221 e. The quantitative estimate of drug-likeness (QED) is 0.661. The van der Waals surface area contributed by atoms with Gasteiger partial charge in [-0.2, -0.15) is 0 Å². The molecule has 0 rings (SSSR count). The van der Waals surface area contributed by atoms with Crippen molar-refractivity contribution in [2.24, 2.45) is 5.73 Å². The summed E-state index contributed by atoms with van der Waals surface area (Å²) in [6.45, 7) is 5.61. The lowest BCUT2D eigenvalue weighted by Gasteiger charge is -2.08. The number of nitrogens with one attached hydrogen (secondary N) is 1. The second-order valence-electron chi connectivity index (χ2n) is 3.76. The molecule has 2 atom stereocenters. The average molecular weight is 220 g/mol. The maximum atomic E-state index is 11.3. The molecule has 2 unspecified atom stereocenters. The summed E-state index contributed by atoms with van der Waals surface area (Å²) in [5.41, 5.74) is 5.49. The zero-order valence-corrected chi connectivity index (χ0v) is 9.89. The molecule has 0 spiro atoms. The highest BCUT2D eigenvalue weighted by atomic mass is 32.2. The Morgan fingerprint density at radius 1 is 1.43 bits per heavy atom. The fraction of sp³-hybridized carbons (Fsp3) is 0.889. The van der Waals surface area contributed by atoms with Crippen LogP contribution in [-0.4, -0.2) is 33.7 Å². The number of nitrogens with two attached hydrogens (primary N) is 1. The van der Waals surface area contributed by atoms with Crippen molar-refractivity contribution in [2.45, 2.75) is 39.3 Å². The number of carbonyl (C=O) groups excluding carboxylic acids is 1. The van der Waals surface area contributed by atoms with E-state index in [1.165, 1.54) is 0 Å². The van der Waals surface area contributed by atoms with Gasteiger partial charge in [0.25, 0.3) is 0 Å². The molecular weight excluding hydrogens is 200 g/mol. The molecular formula is C9H20N2O2S. The van der Waals surface area contributed by atoms with Crippen molar-refractivity contribution in [2.75, 3.05) is 11.5 Å². The van der Waals surface area contributed by atoms with Crippen molar-refractivity contribution in [1.82, 2.24) is 5.32 Å². The first-order chi connectivity index (χ1) is 6.41. The summed E-state index contributed by atoms with van der Waals surface area (Å²) in [5.74, 6) is 0.827. The summed E-state index contributed by atoms with van der Waals surface area (Å²) >= 11 is 0. The summed E-state index contributed by atoms with van der Waals surface area (Å²) < 4.78 is 11.3. The normalized spacial score (nSPS) is 15.2. The molecule has 0 fully saturated rings. The summed E-state index contributed by atoms with van der Waals surface area (Å²) in [7, 11) is -0.971. The first-order valence-corrected chi connectivity index (χ1v) is 6.30. The van der Waals surface area contributed by atoms with Crippen LogP contribution in [0, 0.1) is 0 Å². The molecule has 0 aromatic carbocycles. The molecule has 84 valence electrons. The van der Waals surface area contributed by atoms with Gasteiger partial charge in [-0.3, -0.25) is 9.00 Å². The minimum Gasteiger partial charge on any atom is -0.354 e. The SMILES string of the molecule is CC(N)CS(=O)CCC(=O)NC(C)C. The van der Waals surface area contributed by atoms with Crippen molar-refractivity contribution >= 4 is 16.7 Å². The molecule has 0 aromatic rings. The van der Waals surface area contributed by atoms with Gasteiger partial charge < -0.3 is 11.1 Å². The average Bonchev–Trinajstić information content (AvgIpc) is 1.98. The van der Waals surface area contributed by atoms with Crippen LogP contribution in [0.25, 0.3) is 0 Å². The van der Waals surface area contributed by atoms with Gasteiger partial charge >= 0.3 is 0 Å². The second kappa shape index (κ2) is 6.95. The van der Waals surface area contributed by atoms with Crippen LogP contribution >= 0.6 is 0 Å². The Bertz CT molecular complexity index is 183. The van der Waals surface area contributed by atoms with E-state index in [1.807, 2.05) is 20.8 Å². The van der Waals surface area contributed by atoms with Crippen LogP contribution in [0.1, 0.15) is 27.2 Å². The highest BCUT2D eigenvalue weighted by Gasteiger charge is 2.07. The zero-order valence-electron chi connectivity index (χ0n) is 9.08. The molecule has 14 heavy (non-hydrogen) atoms. The molecule has 0 saturated carbocycles. The van der Waals surface area contributed by atoms with Crippen molar-refractivity contribution in [1.29, 1.82) is 0 Å². The van der Waals surface area contributed by atoms with E-state index in [1.54, 1.807) is 0 Å². The largest absolute Gasteiger partial charge is 0.354 e. The van der Waals surface area contributed by atoms with Crippen LogP contribution in [0.15, 0.2) is 0 Å². The van der Waals surface area contributed by atoms with Gasteiger partial charge in [-0.05, 0) is 20.8 Å². The highest BCUT2D eigenvalue weighted by Crippen LogP contribution is 1.91. The first kappa shape index (κ1) is 13.6. The molecule has 0 heterocycles. The summed E-state index contributed by atoms with van der Waals surface area (Å²) in [5, 5.41) is 2.75. The lowest BCUT2D eigenvalue weighted by molar-refractivity contribution is -0.121. The van der Waals surface area contributed by atoms with E-state index < -0.39 is 10.8 Å². The van der Waals surface area contributed by atoms with Crippen LogP contribution in [-0.2, 0) is 15.6 Å². The van der Waals surface area contributed by atoms with Gasteiger partial charge in [0.15, 0.2) is 0 Å². The Hall–Kier alpha value is -0.420. The van der Waals surface area contributed by atoms with E-state index in [0.29, 0.717) is 17.9 Å². The van der Waals surface area contributed by atoms with E-state index in [4.69, 9.17) is 5.73 Å². The number of hydrogen-bond acceptors (Lipinski definition) is 3. The summed E-state index contributed by atoms with van der Waals surface area (Å²) in [6.07, 6.45) is 0.317. The van der Waals surface area contributed by atoms with Crippen LogP contribution in [0.2, 0.25) is 0 Å². The molecule has 0 saturated heterocycles. The van der Waals surface area contributed by atoms with E-state index in [0.717, 1.165) is 0 Å². The zero-order chi connectivity index (χ0) is 11.1. The molecule has 0 radical (unpaired) electrons. The summed E-state index contributed by atoms with van der Waals surface area (Å²) in [6, 6.07) is 0.0772. The number of hydrogen-bond donors (Lipinski definition) is 2. The van der Waals surface area contributed by atoms with Crippen molar-refractivity contribution in [3.05, 3.63) is 0 Å². The standard InChI is InChI=1S/C9H20N2O2S/c1-7(2)11-9(12)4-5-14(13)6-8(3)10/h7-8H,4-6,10H2,1-3H3,(H,11,12). The second-order valence-corrected chi connectivity index (χ2v) is 5.38. The third kappa shape index (κ3) is 8.19. The molecule has 0 bridgehead atoms. The van der Waals surface area contributed by atoms with Gasteiger partial charge in [0.2, 0.25) is 5.91 Å². The van der Waals surface area contributed by atoms with E-state index in [2.05, 4.69) is 5.32 Å². The Balaban J connectivity index is 3.61. The van der Waals surface area contributed by atoms with Gasteiger partial charge in [-0.1, -0.05) is 0 Å². The Morgan fingerprint density at radius 3 is 2.43 bits per heavy atom. The topological polar surface area (TPSA) is 72.2 Å². The van der Waals surface area contributed by atoms with Gasteiger partial charge in [-0.15, -0.1) is 0 Å². The van der Waals surface area contributed by atoms with Gasteiger partial charge in [0.05, 0.1) is 0 Å². The third-order valence-corrected chi connectivity index (χ3v) is 3.01. The fourth-order valence-electron chi connectivity index (χ4n) is 0.977. The Kier molecular flexibility index (Phi) is 6.74. The molecule has 0 aliphatic carbocycles. The van der Waals surface area contributed by atoms with Crippen LogP contribution in [0.3, 0.4) is 0 Å². The molecule has 4 nitrogen and oxygen atoms in total. The van der Waals surface area contributed by atoms with Crippen LogP contribution in [0.4, 0.5) is 0 Å². The minimum atomic E-state index is -0.971. The Labute approximate surface area is 88.1 Å². The molecule has 3 N–H and O–H groups in total. The molecule has 0 aromatic heterocycles. The maximum absolute atomic E-state index is 11.3. The predicted octanol–water partition coefficient (Wildman–Crippen LogP) is -0.00300. The van der Waals surface area contributed by atoms with E-state index >= 15 is 0 Å². The first-order valence-electron chi connectivity index (χ1n) is 4.81. The fourth-order valence-corrected chi connectivity index (χ4v) is 2.14. The third-order valence-electron chi connectivity index (χ3n) is 1.46. The predicted molar refractivity (Wildman–Crippen MR) is 59.4 cm³/mol. The number of rotatable bonds is 6. The van der Waals surface area contributed by atoms with Crippen LogP contribution < -0.4 is 11.1 Å². The molecule has 0 aliphatic heterocycles. The van der Waals surface area contributed by atoms with Gasteiger partial charge in [0, 0.05) is 40.8 Å². The molecule has 5 heteroatoms. The monoisotopic (exact) mass is 220 g/mol. The van der Waals surface area contributed by atoms with Crippen molar-refractivity contribution < 1.29 is 9.00 Å². The van der Waals surface area contributed by atoms with E-state index in [9.17, 15) is 9.00 Å². The highest BCUT2D eigenvalue weighted by molar-refractivity contribution is 7.85. The van der Waals surface area contributed by atoms with E-state index in [-0.39, 0.29) is 18.0 Å². The molecule has 0 aliphatic rings. The lowest BCUT2D eigenvalue weighted by atomic mass is 10.3. The lowest BCUT2D eigenvalue weighted by Crippen LogP contribution is -2.32. The smallest absolute Gasteiger partial charge is 0.221 e. The summed E-state index contributed by atoms with van der Waals surface area (Å²) in [4.78, 5) is 11.2. The number of carbonyl (C=O) groups is 1. The van der Waals surface area contributed by atoms with Crippen LogP contribution in [0.5, 0.6) is 0 Å². The minimum absolute atomic E-state index is 0.0435. The van der Waals surface area contributed by atoms with Crippen molar-refractivity contribution in [3.63, 3.8) is 0 Å². The van der Waals surface area contributed by atoms with Gasteiger partial charge in [-0.25, -0.2) is 0 Å². The number of amides is 1. The Morgan fingerprint density at radius 2 is 2.00 bits per heavy atom. The van der Waals surface area contributed by atoms with Gasteiger partial charge in [0.1, 0.15) is 0 Å².